The molecular weight excluding hydrogens is 309 g/mol. The first-order valence-corrected chi connectivity index (χ1v) is 5.24. The van der Waals surface area contributed by atoms with Gasteiger partial charge in [0.1, 0.15) is 0 Å². The van der Waals surface area contributed by atoms with E-state index in [0.29, 0.717) is 0 Å². The Labute approximate surface area is 113 Å². The van der Waals surface area contributed by atoms with Gasteiger partial charge in [-0.05, 0) is 5.56 Å². The van der Waals surface area contributed by atoms with Gasteiger partial charge in [0.2, 0.25) is 0 Å². The summed E-state index contributed by atoms with van der Waals surface area (Å²) in [6.07, 6.45) is -6.90. The highest BCUT2D eigenvalue weighted by Crippen LogP contribution is 2.52. The predicted octanol–water partition coefficient (Wildman–Crippen LogP) is 3.99. The lowest BCUT2D eigenvalue weighted by Gasteiger charge is -2.30. The minimum absolute atomic E-state index is 0.366. The molecule has 0 aromatic heterocycles. The number of carbonyl (C=O) groups is 1. The lowest BCUT2D eigenvalue weighted by Crippen LogP contribution is -2.52. The Morgan fingerprint density at radius 1 is 0.952 bits per heavy atom. The van der Waals surface area contributed by atoms with Crippen LogP contribution < -0.4 is 0 Å². The first-order valence-electron chi connectivity index (χ1n) is 5.24. The molecule has 0 aliphatic carbocycles. The van der Waals surface area contributed by atoms with Gasteiger partial charge in [-0.3, -0.25) is 0 Å². The van der Waals surface area contributed by atoms with E-state index in [1.807, 2.05) is 0 Å². The Balaban J connectivity index is 3.50. The van der Waals surface area contributed by atoms with Crippen LogP contribution in [0.2, 0.25) is 0 Å². The zero-order valence-electron chi connectivity index (χ0n) is 9.97. The summed E-state index contributed by atoms with van der Waals surface area (Å²) in [5, 5.41) is 8.44. The first-order chi connectivity index (χ1) is 9.41. The number of hydrogen-bond donors (Lipinski definition) is 1. The van der Waals surface area contributed by atoms with E-state index >= 15 is 0 Å². The maximum atomic E-state index is 13.6. The number of aliphatic carboxylic acids is 1. The van der Waals surface area contributed by atoms with E-state index in [1.54, 1.807) is 0 Å². The third kappa shape index (κ3) is 3.17. The molecule has 1 aromatic rings. The SMILES string of the molecule is O=C(O)/C=C(/c1ccccc1)C(F)(F)C(F)(F)C(F)(F)F. The molecule has 0 radical (unpaired) electrons. The largest absolute Gasteiger partial charge is 0.478 e. The van der Waals surface area contributed by atoms with Gasteiger partial charge in [0.15, 0.2) is 0 Å². The quantitative estimate of drug-likeness (QED) is 0.674. The molecule has 0 unspecified atom stereocenters. The number of halogens is 7. The summed E-state index contributed by atoms with van der Waals surface area (Å²) >= 11 is 0. The standard InChI is InChI=1S/C12H7F7O2/c13-10(14,11(15,16)12(17,18)19)8(6-9(20)21)7-4-2-1-3-5-7/h1-6H,(H,20,21)/b8-6-. The minimum Gasteiger partial charge on any atom is -0.478 e. The van der Waals surface area contributed by atoms with Crippen molar-refractivity contribution in [3.05, 3.63) is 42.0 Å². The van der Waals surface area contributed by atoms with Crippen LogP contribution in [0.3, 0.4) is 0 Å². The van der Waals surface area contributed by atoms with Crippen molar-refractivity contribution in [2.45, 2.75) is 18.0 Å². The Morgan fingerprint density at radius 2 is 1.43 bits per heavy atom. The van der Waals surface area contributed by atoms with E-state index in [4.69, 9.17) is 5.11 Å². The van der Waals surface area contributed by atoms with E-state index < -0.39 is 35.1 Å². The van der Waals surface area contributed by atoms with Crippen molar-refractivity contribution in [2.75, 3.05) is 0 Å². The van der Waals surface area contributed by atoms with Gasteiger partial charge < -0.3 is 5.11 Å². The summed E-state index contributed by atoms with van der Waals surface area (Å²) < 4.78 is 89.6. The number of carboxylic acid groups (broad SMARTS) is 1. The van der Waals surface area contributed by atoms with E-state index in [-0.39, 0.29) is 6.08 Å². The van der Waals surface area contributed by atoms with Crippen molar-refractivity contribution in [3.8, 4) is 0 Å². The molecule has 1 rings (SSSR count). The van der Waals surface area contributed by atoms with Crippen LogP contribution in [0, 0.1) is 0 Å². The Hall–Kier alpha value is -2.06. The molecule has 21 heavy (non-hydrogen) atoms. The molecule has 0 aliphatic rings. The second kappa shape index (κ2) is 5.38. The third-order valence-electron chi connectivity index (χ3n) is 2.44. The van der Waals surface area contributed by atoms with Gasteiger partial charge in [-0.1, -0.05) is 30.3 Å². The van der Waals surface area contributed by atoms with Gasteiger partial charge in [0, 0.05) is 11.6 Å². The monoisotopic (exact) mass is 316 g/mol. The fourth-order valence-corrected chi connectivity index (χ4v) is 1.44. The molecule has 9 heteroatoms. The van der Waals surface area contributed by atoms with E-state index in [2.05, 4.69) is 0 Å². The highest BCUT2D eigenvalue weighted by atomic mass is 19.4. The van der Waals surface area contributed by atoms with Gasteiger partial charge in [-0.2, -0.15) is 30.7 Å². The molecule has 0 saturated heterocycles. The van der Waals surface area contributed by atoms with Gasteiger partial charge in [0.25, 0.3) is 0 Å². The molecule has 0 amide bonds. The fourth-order valence-electron chi connectivity index (χ4n) is 1.44. The maximum absolute atomic E-state index is 13.6. The first kappa shape index (κ1) is 17.0. The summed E-state index contributed by atoms with van der Waals surface area (Å²) in [5.41, 5.74) is -2.69. The topological polar surface area (TPSA) is 37.3 Å². The fraction of sp³-hybridized carbons (Fsp3) is 0.250. The zero-order valence-corrected chi connectivity index (χ0v) is 9.97. The normalized spacial score (nSPS) is 14.1. The molecule has 0 heterocycles. The van der Waals surface area contributed by atoms with Crippen molar-refractivity contribution < 1.29 is 40.6 Å². The van der Waals surface area contributed by atoms with E-state index in [1.165, 1.54) is 6.07 Å². The average Bonchev–Trinajstić information content (AvgIpc) is 2.35. The van der Waals surface area contributed by atoms with Crippen LogP contribution in [0.5, 0.6) is 0 Å². The third-order valence-corrected chi connectivity index (χ3v) is 2.44. The number of carboxylic acids is 1. The van der Waals surface area contributed by atoms with Crippen molar-refractivity contribution in [2.24, 2.45) is 0 Å². The molecule has 0 spiro atoms. The zero-order chi connectivity index (χ0) is 16.5. The van der Waals surface area contributed by atoms with E-state index in [0.717, 1.165) is 24.3 Å². The second-order valence-corrected chi connectivity index (χ2v) is 3.91. The van der Waals surface area contributed by atoms with E-state index in [9.17, 15) is 35.5 Å². The van der Waals surface area contributed by atoms with Gasteiger partial charge in [-0.15, -0.1) is 0 Å². The molecule has 0 saturated carbocycles. The molecule has 2 nitrogen and oxygen atoms in total. The lowest BCUT2D eigenvalue weighted by molar-refractivity contribution is -0.338. The van der Waals surface area contributed by atoms with Gasteiger partial charge in [0.05, 0.1) is 0 Å². The van der Waals surface area contributed by atoms with Crippen LogP contribution in [0.1, 0.15) is 5.56 Å². The molecule has 0 atom stereocenters. The molecule has 1 N–H and O–H groups in total. The van der Waals surface area contributed by atoms with Crippen LogP contribution in [0.25, 0.3) is 5.57 Å². The number of benzene rings is 1. The Kier molecular flexibility index (Phi) is 4.35. The summed E-state index contributed by atoms with van der Waals surface area (Å²) in [5.74, 6) is -14.2. The summed E-state index contributed by atoms with van der Waals surface area (Å²) in [6, 6.07) is 5.08. The molecule has 0 bridgehead atoms. The number of hydrogen-bond acceptors (Lipinski definition) is 1. The van der Waals surface area contributed by atoms with Crippen LogP contribution in [-0.2, 0) is 4.79 Å². The van der Waals surface area contributed by atoms with Crippen LogP contribution in [0.15, 0.2) is 36.4 Å². The molecular formula is C12H7F7O2. The predicted molar refractivity (Wildman–Crippen MR) is 58.0 cm³/mol. The Morgan fingerprint density at radius 3 is 1.81 bits per heavy atom. The number of rotatable bonds is 4. The van der Waals surface area contributed by atoms with Crippen LogP contribution >= 0.6 is 0 Å². The molecule has 0 aliphatic heterocycles. The van der Waals surface area contributed by atoms with Crippen molar-refractivity contribution in [3.63, 3.8) is 0 Å². The lowest BCUT2D eigenvalue weighted by atomic mass is 9.94. The smallest absolute Gasteiger partial charge is 0.460 e. The van der Waals surface area contributed by atoms with Gasteiger partial charge in [-0.25, -0.2) is 4.79 Å². The van der Waals surface area contributed by atoms with Gasteiger partial charge >= 0.3 is 24.0 Å². The average molecular weight is 316 g/mol. The second-order valence-electron chi connectivity index (χ2n) is 3.91. The van der Waals surface area contributed by atoms with Crippen molar-refractivity contribution in [1.82, 2.24) is 0 Å². The van der Waals surface area contributed by atoms with Crippen molar-refractivity contribution >= 4 is 11.5 Å². The number of allylic oxidation sites excluding steroid dienone is 1. The molecule has 1 aromatic carbocycles. The van der Waals surface area contributed by atoms with Crippen molar-refractivity contribution in [1.29, 1.82) is 0 Å². The Bertz CT molecular complexity index is 546. The molecule has 0 fully saturated rings. The minimum atomic E-state index is -6.54. The summed E-state index contributed by atoms with van der Waals surface area (Å²) in [7, 11) is 0. The van der Waals surface area contributed by atoms with Crippen LogP contribution in [0.4, 0.5) is 30.7 Å². The highest BCUT2D eigenvalue weighted by Gasteiger charge is 2.74. The summed E-state index contributed by atoms with van der Waals surface area (Å²) in [4.78, 5) is 10.5. The van der Waals surface area contributed by atoms with Crippen LogP contribution in [-0.4, -0.2) is 29.1 Å². The molecule has 116 valence electrons. The number of alkyl halides is 7. The summed E-state index contributed by atoms with van der Waals surface area (Å²) in [6.45, 7) is 0. The highest BCUT2D eigenvalue weighted by molar-refractivity contribution is 5.92. The maximum Gasteiger partial charge on any atom is 0.460 e.